The van der Waals surface area contributed by atoms with Crippen LogP contribution in [0, 0.1) is 5.92 Å². The number of alkyl halides is 3. The molecule has 1 aromatic heterocycles. The molecule has 0 aromatic carbocycles. The Bertz CT molecular complexity index is 377. The van der Waals surface area contributed by atoms with Crippen molar-refractivity contribution in [2.24, 2.45) is 11.8 Å². The highest BCUT2D eigenvalue weighted by Gasteiger charge is 2.33. The molecule has 0 aliphatic carbocycles. The van der Waals surface area contributed by atoms with Gasteiger partial charge in [0, 0.05) is 12.6 Å². The number of hydrogen-bond donors (Lipinski definition) is 3. The largest absolute Gasteiger partial charge is 0.433 e. The molecule has 0 saturated carbocycles. The highest BCUT2D eigenvalue weighted by Crippen LogP contribution is 2.29. The van der Waals surface area contributed by atoms with Crippen molar-refractivity contribution in [3.63, 3.8) is 0 Å². The van der Waals surface area contributed by atoms with Crippen LogP contribution in [0.3, 0.4) is 0 Å². The summed E-state index contributed by atoms with van der Waals surface area (Å²) in [6, 6.07) is 0.850. The maximum absolute atomic E-state index is 12.5. The molecule has 0 atom stereocenters. The molecular weight excluding hydrogens is 235 g/mol. The van der Waals surface area contributed by atoms with Gasteiger partial charge in [-0.25, -0.2) is 10.8 Å². The van der Waals surface area contributed by atoms with Crippen molar-refractivity contribution >= 4 is 11.8 Å². The molecule has 0 fully saturated rings. The van der Waals surface area contributed by atoms with E-state index in [1.165, 1.54) is 0 Å². The average molecular weight is 249 g/mol. The second-order valence-electron chi connectivity index (χ2n) is 3.88. The molecule has 0 radical (unpaired) electrons. The molecule has 1 heterocycles. The quantitative estimate of drug-likeness (QED) is 0.561. The summed E-state index contributed by atoms with van der Waals surface area (Å²) in [7, 11) is 0. The third-order valence-corrected chi connectivity index (χ3v) is 1.84. The molecule has 1 aromatic rings. The summed E-state index contributed by atoms with van der Waals surface area (Å²) in [4.78, 5) is 7.02. The van der Waals surface area contributed by atoms with Gasteiger partial charge in [0.1, 0.15) is 5.82 Å². The molecule has 0 unspecified atom stereocenters. The first-order chi connectivity index (χ1) is 7.82. The number of hydrazine groups is 1. The molecule has 0 spiro atoms. The van der Waals surface area contributed by atoms with E-state index < -0.39 is 11.9 Å². The fourth-order valence-electron chi connectivity index (χ4n) is 1.06. The Morgan fingerprint density at radius 1 is 1.35 bits per heavy atom. The minimum atomic E-state index is -4.52. The predicted molar refractivity (Wildman–Crippen MR) is 58.2 cm³/mol. The van der Waals surface area contributed by atoms with Crippen molar-refractivity contribution in [3.8, 4) is 0 Å². The van der Waals surface area contributed by atoms with E-state index in [-0.39, 0.29) is 17.7 Å². The number of nitrogens with zero attached hydrogens (tertiary/aromatic N) is 2. The van der Waals surface area contributed by atoms with Crippen LogP contribution in [0.2, 0.25) is 0 Å². The second kappa shape index (κ2) is 5.17. The lowest BCUT2D eigenvalue weighted by molar-refractivity contribution is -0.141. The van der Waals surface area contributed by atoms with Crippen molar-refractivity contribution < 1.29 is 13.2 Å². The summed E-state index contributed by atoms with van der Waals surface area (Å²) in [6.45, 7) is 4.38. The summed E-state index contributed by atoms with van der Waals surface area (Å²) in [5.74, 6) is 5.12. The van der Waals surface area contributed by atoms with E-state index in [1.807, 2.05) is 19.3 Å². The van der Waals surface area contributed by atoms with Gasteiger partial charge in [-0.15, -0.1) is 0 Å². The number of rotatable bonds is 4. The van der Waals surface area contributed by atoms with Gasteiger partial charge in [-0.3, -0.25) is 5.43 Å². The summed E-state index contributed by atoms with van der Waals surface area (Å²) < 4.78 is 37.5. The molecule has 17 heavy (non-hydrogen) atoms. The van der Waals surface area contributed by atoms with Crippen molar-refractivity contribution in [3.05, 3.63) is 11.8 Å². The van der Waals surface area contributed by atoms with Crippen LogP contribution in [0.1, 0.15) is 19.5 Å². The second-order valence-corrected chi connectivity index (χ2v) is 3.88. The third-order valence-electron chi connectivity index (χ3n) is 1.84. The molecule has 5 nitrogen and oxygen atoms in total. The number of nitrogen functional groups attached to an aromatic ring is 1. The molecule has 8 heteroatoms. The van der Waals surface area contributed by atoms with Gasteiger partial charge in [0.05, 0.1) is 0 Å². The van der Waals surface area contributed by atoms with Gasteiger partial charge in [0.15, 0.2) is 5.69 Å². The number of aromatic nitrogens is 2. The van der Waals surface area contributed by atoms with E-state index >= 15 is 0 Å². The highest BCUT2D eigenvalue weighted by atomic mass is 19.4. The predicted octanol–water partition coefficient (Wildman–Crippen LogP) is 1.85. The van der Waals surface area contributed by atoms with Crippen molar-refractivity contribution in [1.82, 2.24) is 9.97 Å². The van der Waals surface area contributed by atoms with Gasteiger partial charge in [-0.05, 0) is 5.92 Å². The first-order valence-electron chi connectivity index (χ1n) is 4.99. The lowest BCUT2D eigenvalue weighted by atomic mass is 10.2. The average Bonchev–Trinajstić information content (AvgIpc) is 2.24. The lowest BCUT2D eigenvalue weighted by Gasteiger charge is -2.12. The van der Waals surface area contributed by atoms with Crippen molar-refractivity contribution in [1.29, 1.82) is 0 Å². The van der Waals surface area contributed by atoms with Gasteiger partial charge in [0.2, 0.25) is 5.95 Å². The number of hydrogen-bond acceptors (Lipinski definition) is 5. The lowest BCUT2D eigenvalue weighted by Crippen LogP contribution is -2.18. The standard InChI is InChI=1S/C9H14F3N5/c1-5(2)4-14-7-3-6(9(10,11)12)15-8(16-7)17-13/h3,5H,4,13H2,1-2H3,(H2,14,15,16,17). The van der Waals surface area contributed by atoms with E-state index in [0.29, 0.717) is 6.54 Å². The molecule has 0 bridgehead atoms. The zero-order valence-electron chi connectivity index (χ0n) is 9.47. The molecule has 0 aliphatic heterocycles. The zero-order chi connectivity index (χ0) is 13.1. The number of anilines is 2. The molecular formula is C9H14F3N5. The molecule has 0 amide bonds. The summed E-state index contributed by atoms with van der Waals surface area (Å²) >= 11 is 0. The molecule has 0 aliphatic rings. The first kappa shape index (κ1) is 13.5. The van der Waals surface area contributed by atoms with Crippen LogP contribution in [0.4, 0.5) is 24.9 Å². The van der Waals surface area contributed by atoms with E-state index in [1.54, 1.807) is 0 Å². The minimum Gasteiger partial charge on any atom is -0.370 e. The van der Waals surface area contributed by atoms with E-state index in [2.05, 4.69) is 15.3 Å². The summed E-state index contributed by atoms with van der Waals surface area (Å²) in [5, 5.41) is 2.78. The van der Waals surface area contributed by atoms with Gasteiger partial charge in [-0.2, -0.15) is 18.2 Å². The van der Waals surface area contributed by atoms with Crippen LogP contribution in [0.15, 0.2) is 6.07 Å². The van der Waals surface area contributed by atoms with Crippen LogP contribution in [-0.4, -0.2) is 16.5 Å². The first-order valence-corrected chi connectivity index (χ1v) is 4.99. The number of nitrogens with two attached hydrogens (primary N) is 1. The highest BCUT2D eigenvalue weighted by molar-refractivity contribution is 5.42. The Kier molecular flexibility index (Phi) is 4.11. The summed E-state index contributed by atoms with van der Waals surface area (Å²) in [5.41, 5.74) is 0.970. The van der Waals surface area contributed by atoms with Gasteiger partial charge < -0.3 is 5.32 Å². The molecule has 0 saturated heterocycles. The van der Waals surface area contributed by atoms with Gasteiger partial charge in [-0.1, -0.05) is 13.8 Å². The van der Waals surface area contributed by atoms with Gasteiger partial charge in [0.25, 0.3) is 0 Å². The SMILES string of the molecule is CC(C)CNc1cc(C(F)(F)F)nc(NN)n1. The van der Waals surface area contributed by atoms with E-state index in [4.69, 9.17) is 5.84 Å². The zero-order valence-corrected chi connectivity index (χ0v) is 9.47. The fourth-order valence-corrected chi connectivity index (χ4v) is 1.06. The van der Waals surface area contributed by atoms with Crippen molar-refractivity contribution in [2.45, 2.75) is 20.0 Å². The van der Waals surface area contributed by atoms with Crippen molar-refractivity contribution in [2.75, 3.05) is 17.3 Å². The normalized spacial score (nSPS) is 11.7. The Hall–Kier alpha value is -1.57. The topological polar surface area (TPSA) is 75.9 Å². The van der Waals surface area contributed by atoms with Crippen LogP contribution in [-0.2, 0) is 6.18 Å². The Morgan fingerprint density at radius 3 is 2.47 bits per heavy atom. The Labute approximate surface area is 96.6 Å². The monoisotopic (exact) mass is 249 g/mol. The Morgan fingerprint density at radius 2 is 2.00 bits per heavy atom. The van der Waals surface area contributed by atoms with Crippen LogP contribution in [0.5, 0.6) is 0 Å². The number of halogens is 3. The van der Waals surface area contributed by atoms with Crippen LogP contribution >= 0.6 is 0 Å². The molecule has 4 N–H and O–H groups in total. The smallest absolute Gasteiger partial charge is 0.370 e. The Balaban J connectivity index is 2.97. The van der Waals surface area contributed by atoms with Gasteiger partial charge >= 0.3 is 6.18 Å². The van der Waals surface area contributed by atoms with Crippen LogP contribution < -0.4 is 16.6 Å². The van der Waals surface area contributed by atoms with E-state index in [9.17, 15) is 13.2 Å². The summed E-state index contributed by atoms with van der Waals surface area (Å²) in [6.07, 6.45) is -4.52. The van der Waals surface area contributed by atoms with E-state index in [0.717, 1.165) is 6.07 Å². The fraction of sp³-hybridized carbons (Fsp3) is 0.556. The molecule has 1 rings (SSSR count). The number of nitrogens with one attached hydrogen (secondary N) is 2. The minimum absolute atomic E-state index is 0.0916. The maximum atomic E-state index is 12.5. The third kappa shape index (κ3) is 4.06. The maximum Gasteiger partial charge on any atom is 0.433 e. The van der Waals surface area contributed by atoms with Crippen LogP contribution in [0.25, 0.3) is 0 Å². The molecule has 96 valence electrons.